The topological polar surface area (TPSA) is 105 Å². The van der Waals surface area contributed by atoms with Gasteiger partial charge in [0, 0.05) is 19.8 Å². The van der Waals surface area contributed by atoms with E-state index in [0.717, 1.165) is 25.9 Å². The van der Waals surface area contributed by atoms with Gasteiger partial charge in [-0.3, -0.25) is 9.48 Å². The van der Waals surface area contributed by atoms with Crippen molar-refractivity contribution in [3.05, 3.63) is 12.4 Å². The Morgan fingerprint density at radius 1 is 1.43 bits per heavy atom. The number of piperidine rings is 1. The van der Waals surface area contributed by atoms with Crippen LogP contribution in [0.3, 0.4) is 0 Å². The number of hydrogen-bond donors (Lipinski definition) is 3. The first-order valence-electron chi connectivity index (χ1n) is 7.27. The molecule has 0 aromatic carbocycles. The van der Waals surface area contributed by atoms with E-state index in [1.54, 1.807) is 7.05 Å². The Bertz CT molecular complexity index is 625. The van der Waals surface area contributed by atoms with Gasteiger partial charge in [-0.05, 0) is 31.3 Å². The number of carbonyl (C=O) groups excluding carboxylic acids is 1. The lowest BCUT2D eigenvalue weighted by Crippen LogP contribution is -2.45. The number of carbonyl (C=O) groups is 1. The van der Waals surface area contributed by atoms with Crippen molar-refractivity contribution in [2.24, 2.45) is 12.5 Å². The van der Waals surface area contributed by atoms with Crippen molar-refractivity contribution in [1.29, 1.82) is 0 Å². The summed E-state index contributed by atoms with van der Waals surface area (Å²) in [6.07, 6.45) is 4.62. The number of amides is 1. The van der Waals surface area contributed by atoms with Crippen LogP contribution in [0.1, 0.15) is 19.8 Å². The van der Waals surface area contributed by atoms with Gasteiger partial charge < -0.3 is 10.6 Å². The van der Waals surface area contributed by atoms with Crippen molar-refractivity contribution in [2.45, 2.75) is 24.7 Å². The molecule has 0 unspecified atom stereocenters. The first kappa shape index (κ1) is 19.9. The van der Waals surface area contributed by atoms with Crippen molar-refractivity contribution in [3.8, 4) is 0 Å². The number of aromatic nitrogens is 2. The Hall–Kier alpha value is -1.16. The lowest BCUT2D eigenvalue weighted by Gasteiger charge is -2.34. The van der Waals surface area contributed by atoms with Crippen LogP contribution in [-0.2, 0) is 21.9 Å². The molecule has 1 amide bonds. The molecule has 8 nitrogen and oxygen atoms in total. The molecule has 0 bridgehead atoms. The summed E-state index contributed by atoms with van der Waals surface area (Å²) < 4.78 is 27.6. The molecule has 23 heavy (non-hydrogen) atoms. The Kier molecular flexibility index (Phi) is 7.00. The van der Waals surface area contributed by atoms with Crippen LogP contribution < -0.4 is 15.4 Å². The second kappa shape index (κ2) is 8.09. The van der Waals surface area contributed by atoms with E-state index in [4.69, 9.17) is 0 Å². The minimum atomic E-state index is -3.70. The molecule has 10 heteroatoms. The van der Waals surface area contributed by atoms with E-state index in [2.05, 4.69) is 27.4 Å². The SMILES string of the molecule is Cl.Cn1cc(S(=O)(=O)NCC(=O)NCC2(C)CCNCC2)cn1. The summed E-state index contributed by atoms with van der Waals surface area (Å²) in [6.45, 7) is 4.31. The zero-order valence-electron chi connectivity index (χ0n) is 13.3. The molecule has 0 atom stereocenters. The van der Waals surface area contributed by atoms with Gasteiger partial charge in [-0.2, -0.15) is 5.10 Å². The van der Waals surface area contributed by atoms with Crippen LogP contribution in [0.5, 0.6) is 0 Å². The average Bonchev–Trinajstić information content (AvgIpc) is 2.91. The summed E-state index contributed by atoms with van der Waals surface area (Å²) in [5, 5.41) is 9.90. The molecule has 1 aliphatic heterocycles. The Balaban J connectivity index is 0.00000264. The second-order valence-electron chi connectivity index (χ2n) is 6.01. The summed E-state index contributed by atoms with van der Waals surface area (Å²) in [5.41, 5.74) is 0.0726. The number of aryl methyl sites for hydroxylation is 1. The molecular formula is C13H24ClN5O3S. The maximum absolute atomic E-state index is 12.0. The molecule has 0 saturated carbocycles. The third-order valence-corrected chi connectivity index (χ3v) is 5.29. The van der Waals surface area contributed by atoms with Crippen LogP contribution in [0.15, 0.2) is 17.3 Å². The van der Waals surface area contributed by atoms with Gasteiger partial charge in [-0.25, -0.2) is 13.1 Å². The molecule has 2 rings (SSSR count). The van der Waals surface area contributed by atoms with Gasteiger partial charge in [-0.1, -0.05) is 6.92 Å². The standard InChI is InChI=1S/C13H23N5O3S.ClH/c1-13(3-5-14-6-4-13)10-15-12(19)8-17-22(20,21)11-7-16-18(2)9-11;/h7,9,14,17H,3-6,8,10H2,1-2H3,(H,15,19);1H. The molecule has 0 aliphatic carbocycles. The Labute approximate surface area is 142 Å². The summed E-state index contributed by atoms with van der Waals surface area (Å²) in [5.74, 6) is -0.327. The average molecular weight is 366 g/mol. The maximum atomic E-state index is 12.0. The number of nitrogens with one attached hydrogen (secondary N) is 3. The lowest BCUT2D eigenvalue weighted by atomic mass is 9.81. The summed E-state index contributed by atoms with van der Waals surface area (Å²) in [7, 11) is -2.07. The van der Waals surface area contributed by atoms with Crippen LogP contribution in [0.2, 0.25) is 0 Å². The van der Waals surface area contributed by atoms with Crippen molar-refractivity contribution in [2.75, 3.05) is 26.2 Å². The molecule has 1 saturated heterocycles. The second-order valence-corrected chi connectivity index (χ2v) is 7.78. The van der Waals surface area contributed by atoms with Crippen molar-refractivity contribution < 1.29 is 13.2 Å². The molecule has 0 radical (unpaired) electrons. The number of sulfonamides is 1. The molecular weight excluding hydrogens is 342 g/mol. The van der Waals surface area contributed by atoms with Crippen LogP contribution in [0.25, 0.3) is 0 Å². The number of halogens is 1. The molecule has 1 aromatic heterocycles. The van der Waals surface area contributed by atoms with Crippen LogP contribution in [0.4, 0.5) is 0 Å². The van der Waals surface area contributed by atoms with Crippen LogP contribution in [0, 0.1) is 5.41 Å². The quantitative estimate of drug-likeness (QED) is 0.637. The van der Waals surface area contributed by atoms with Crippen molar-refractivity contribution in [1.82, 2.24) is 25.1 Å². The Morgan fingerprint density at radius 3 is 2.65 bits per heavy atom. The highest BCUT2D eigenvalue weighted by molar-refractivity contribution is 7.89. The molecule has 0 spiro atoms. The zero-order chi connectivity index (χ0) is 16.2. The molecule has 1 aliphatic rings. The Morgan fingerprint density at radius 2 is 2.09 bits per heavy atom. The smallest absolute Gasteiger partial charge is 0.244 e. The lowest BCUT2D eigenvalue weighted by molar-refractivity contribution is -0.120. The zero-order valence-corrected chi connectivity index (χ0v) is 15.0. The van der Waals surface area contributed by atoms with Gasteiger partial charge in [0.1, 0.15) is 4.90 Å². The van der Waals surface area contributed by atoms with E-state index in [1.807, 2.05) is 0 Å². The van der Waals surface area contributed by atoms with Gasteiger partial charge in [-0.15, -0.1) is 12.4 Å². The third kappa shape index (κ3) is 5.76. The van der Waals surface area contributed by atoms with Crippen molar-refractivity contribution in [3.63, 3.8) is 0 Å². The van der Waals surface area contributed by atoms with Gasteiger partial charge in [0.15, 0.2) is 0 Å². The molecule has 3 N–H and O–H groups in total. The van der Waals surface area contributed by atoms with Crippen LogP contribution in [-0.4, -0.2) is 50.3 Å². The largest absolute Gasteiger partial charge is 0.354 e. The highest BCUT2D eigenvalue weighted by atomic mass is 35.5. The van der Waals surface area contributed by atoms with Crippen molar-refractivity contribution >= 4 is 28.3 Å². The molecule has 1 aromatic rings. The molecule has 2 heterocycles. The first-order chi connectivity index (χ1) is 10.3. The summed E-state index contributed by atoms with van der Waals surface area (Å²) >= 11 is 0. The van der Waals surface area contributed by atoms with E-state index in [9.17, 15) is 13.2 Å². The number of hydrogen-bond acceptors (Lipinski definition) is 5. The van der Waals surface area contributed by atoms with E-state index in [-0.39, 0.29) is 35.2 Å². The van der Waals surface area contributed by atoms with Gasteiger partial charge in [0.25, 0.3) is 0 Å². The van der Waals surface area contributed by atoms with E-state index in [1.165, 1.54) is 17.1 Å². The minimum absolute atomic E-state index is 0. The molecule has 1 fully saturated rings. The van der Waals surface area contributed by atoms with E-state index < -0.39 is 10.0 Å². The minimum Gasteiger partial charge on any atom is -0.354 e. The monoisotopic (exact) mass is 365 g/mol. The predicted molar refractivity (Wildman–Crippen MR) is 88.9 cm³/mol. The fourth-order valence-electron chi connectivity index (χ4n) is 2.36. The van der Waals surface area contributed by atoms with Gasteiger partial charge >= 0.3 is 0 Å². The molecule has 132 valence electrons. The van der Waals surface area contributed by atoms with E-state index >= 15 is 0 Å². The maximum Gasteiger partial charge on any atom is 0.244 e. The third-order valence-electron chi connectivity index (χ3n) is 3.94. The highest BCUT2D eigenvalue weighted by Gasteiger charge is 2.27. The normalized spacial score (nSPS) is 17.3. The van der Waals surface area contributed by atoms with Gasteiger partial charge in [0.05, 0.1) is 12.7 Å². The van der Waals surface area contributed by atoms with E-state index in [0.29, 0.717) is 6.54 Å². The van der Waals surface area contributed by atoms with Gasteiger partial charge in [0.2, 0.25) is 15.9 Å². The summed E-state index contributed by atoms with van der Waals surface area (Å²) in [4.78, 5) is 11.9. The number of nitrogens with zero attached hydrogens (tertiary/aromatic N) is 2. The highest BCUT2D eigenvalue weighted by Crippen LogP contribution is 2.26. The fourth-order valence-corrected chi connectivity index (χ4v) is 3.33. The van der Waals surface area contributed by atoms with Crippen LogP contribution >= 0.6 is 12.4 Å². The summed E-state index contributed by atoms with van der Waals surface area (Å²) in [6, 6.07) is 0. The first-order valence-corrected chi connectivity index (χ1v) is 8.75. The number of rotatable bonds is 6. The predicted octanol–water partition coefficient (Wildman–Crippen LogP) is -0.374. The fraction of sp³-hybridized carbons (Fsp3) is 0.692.